The molecular formula is C13H20ClFN2O2. The predicted octanol–water partition coefficient (Wildman–Crippen LogP) is 1.87. The maximum atomic E-state index is 12.6. The van der Waals surface area contributed by atoms with E-state index in [0.717, 1.165) is 0 Å². The van der Waals surface area contributed by atoms with Gasteiger partial charge in [0.05, 0.1) is 6.61 Å². The molecule has 0 bridgehead atoms. The van der Waals surface area contributed by atoms with E-state index in [0.29, 0.717) is 44.7 Å². The van der Waals surface area contributed by atoms with Crippen LogP contribution in [0.5, 0.6) is 5.75 Å². The molecule has 1 aromatic carbocycles. The summed E-state index contributed by atoms with van der Waals surface area (Å²) < 4.78 is 18.0. The number of hydrogen-bond donors (Lipinski definition) is 2. The highest BCUT2D eigenvalue weighted by Gasteiger charge is 1.99. The lowest BCUT2D eigenvalue weighted by atomic mass is 10.3. The molecule has 108 valence electrons. The molecular weight excluding hydrogens is 271 g/mol. The second kappa shape index (κ2) is 10.6. The molecule has 0 aliphatic carbocycles. The van der Waals surface area contributed by atoms with Crippen LogP contribution in [0.1, 0.15) is 19.3 Å². The van der Waals surface area contributed by atoms with Crippen molar-refractivity contribution in [3.8, 4) is 5.75 Å². The number of rotatable bonds is 8. The summed E-state index contributed by atoms with van der Waals surface area (Å²) in [6.45, 7) is 1.59. The van der Waals surface area contributed by atoms with Crippen LogP contribution in [0.25, 0.3) is 0 Å². The number of ether oxygens (including phenoxy) is 1. The molecule has 19 heavy (non-hydrogen) atoms. The molecule has 4 nitrogen and oxygen atoms in total. The number of carbonyl (C=O) groups excluding carboxylic acids is 1. The molecule has 0 fully saturated rings. The zero-order valence-corrected chi connectivity index (χ0v) is 11.5. The average Bonchev–Trinajstić information content (AvgIpc) is 2.38. The van der Waals surface area contributed by atoms with Gasteiger partial charge in [-0.15, -0.1) is 12.4 Å². The number of amides is 1. The quantitative estimate of drug-likeness (QED) is 0.719. The number of nitrogens with two attached hydrogens (primary N) is 1. The third kappa shape index (κ3) is 8.40. The fraction of sp³-hybridized carbons (Fsp3) is 0.462. The lowest BCUT2D eigenvalue weighted by molar-refractivity contribution is -0.121. The van der Waals surface area contributed by atoms with Gasteiger partial charge < -0.3 is 15.8 Å². The van der Waals surface area contributed by atoms with Crippen molar-refractivity contribution in [3.05, 3.63) is 30.1 Å². The zero-order valence-electron chi connectivity index (χ0n) is 10.7. The van der Waals surface area contributed by atoms with E-state index in [-0.39, 0.29) is 24.1 Å². The molecule has 6 heteroatoms. The highest BCUT2D eigenvalue weighted by Crippen LogP contribution is 2.10. The number of halogens is 2. The summed E-state index contributed by atoms with van der Waals surface area (Å²) in [6.07, 6.45) is 1.89. The topological polar surface area (TPSA) is 64.4 Å². The van der Waals surface area contributed by atoms with Crippen molar-refractivity contribution >= 4 is 18.3 Å². The smallest absolute Gasteiger partial charge is 0.220 e. The zero-order chi connectivity index (χ0) is 13.2. The molecule has 1 amide bonds. The van der Waals surface area contributed by atoms with Crippen LogP contribution in [0.4, 0.5) is 4.39 Å². The van der Waals surface area contributed by atoms with Gasteiger partial charge in [-0.3, -0.25) is 4.79 Å². The van der Waals surface area contributed by atoms with Crippen LogP contribution in [0, 0.1) is 5.82 Å². The Balaban J connectivity index is 0.00000324. The van der Waals surface area contributed by atoms with Crippen molar-refractivity contribution < 1.29 is 13.9 Å². The first kappa shape index (κ1) is 17.7. The molecule has 3 N–H and O–H groups in total. The van der Waals surface area contributed by atoms with Crippen LogP contribution in [-0.2, 0) is 4.79 Å². The molecule has 0 heterocycles. The van der Waals surface area contributed by atoms with Crippen LogP contribution in [0.2, 0.25) is 0 Å². The van der Waals surface area contributed by atoms with Gasteiger partial charge in [-0.25, -0.2) is 4.39 Å². The first-order valence-corrected chi connectivity index (χ1v) is 6.07. The largest absolute Gasteiger partial charge is 0.494 e. The first-order chi connectivity index (χ1) is 8.72. The lowest BCUT2D eigenvalue weighted by Gasteiger charge is -2.07. The number of carbonyl (C=O) groups is 1. The van der Waals surface area contributed by atoms with Gasteiger partial charge in [0.2, 0.25) is 5.91 Å². The van der Waals surface area contributed by atoms with E-state index in [1.807, 2.05) is 0 Å². The molecule has 1 aromatic rings. The molecule has 0 saturated carbocycles. The molecule has 0 radical (unpaired) electrons. The van der Waals surface area contributed by atoms with Crippen LogP contribution in [0.3, 0.4) is 0 Å². The highest BCUT2D eigenvalue weighted by atomic mass is 35.5. The molecule has 0 aromatic heterocycles. The number of benzene rings is 1. The molecule has 0 unspecified atom stereocenters. The van der Waals surface area contributed by atoms with Crippen molar-refractivity contribution in [2.45, 2.75) is 19.3 Å². The van der Waals surface area contributed by atoms with E-state index in [9.17, 15) is 9.18 Å². The summed E-state index contributed by atoms with van der Waals surface area (Å²) >= 11 is 0. The average molecular weight is 291 g/mol. The minimum atomic E-state index is -0.283. The Labute approximate surface area is 118 Å². The van der Waals surface area contributed by atoms with E-state index in [1.54, 1.807) is 12.1 Å². The van der Waals surface area contributed by atoms with Gasteiger partial charge in [0, 0.05) is 13.0 Å². The third-order valence-electron chi connectivity index (χ3n) is 2.33. The minimum absolute atomic E-state index is 0. The maximum Gasteiger partial charge on any atom is 0.220 e. The Morgan fingerprint density at radius 3 is 2.58 bits per heavy atom. The maximum absolute atomic E-state index is 12.6. The Bertz CT molecular complexity index is 360. The number of hydrogen-bond acceptors (Lipinski definition) is 3. The molecule has 0 spiro atoms. The summed E-state index contributed by atoms with van der Waals surface area (Å²) in [6, 6.07) is 5.86. The molecule has 0 atom stereocenters. The summed E-state index contributed by atoms with van der Waals surface area (Å²) in [4.78, 5) is 11.2. The fourth-order valence-electron chi connectivity index (χ4n) is 1.37. The van der Waals surface area contributed by atoms with Crippen molar-refractivity contribution in [1.82, 2.24) is 5.32 Å². The van der Waals surface area contributed by atoms with Crippen LogP contribution >= 0.6 is 12.4 Å². The summed E-state index contributed by atoms with van der Waals surface area (Å²) in [5.41, 5.74) is 5.30. The van der Waals surface area contributed by atoms with Crippen molar-refractivity contribution in [2.24, 2.45) is 5.73 Å². The van der Waals surface area contributed by atoms with Gasteiger partial charge in [-0.1, -0.05) is 0 Å². The summed E-state index contributed by atoms with van der Waals surface area (Å²) in [5, 5.41) is 2.78. The van der Waals surface area contributed by atoms with E-state index in [2.05, 4.69) is 5.32 Å². The van der Waals surface area contributed by atoms with Gasteiger partial charge in [0.25, 0.3) is 0 Å². The van der Waals surface area contributed by atoms with Crippen molar-refractivity contribution in [2.75, 3.05) is 19.7 Å². The second-order valence-electron chi connectivity index (χ2n) is 3.90. The Hall–Kier alpha value is -1.33. The van der Waals surface area contributed by atoms with E-state index in [4.69, 9.17) is 10.5 Å². The minimum Gasteiger partial charge on any atom is -0.494 e. The SMILES string of the molecule is Cl.NCCCC(=O)NCCCOc1ccc(F)cc1. The molecule has 1 rings (SSSR count). The highest BCUT2D eigenvalue weighted by molar-refractivity contribution is 5.85. The van der Waals surface area contributed by atoms with Gasteiger partial charge in [0.15, 0.2) is 0 Å². The van der Waals surface area contributed by atoms with E-state index >= 15 is 0 Å². The summed E-state index contributed by atoms with van der Waals surface area (Å²) in [5.74, 6) is 0.364. The number of nitrogens with one attached hydrogen (secondary N) is 1. The standard InChI is InChI=1S/C13H19FN2O2.ClH/c14-11-4-6-12(7-5-11)18-10-2-9-16-13(17)3-1-8-15;/h4-7H,1-3,8-10,15H2,(H,16,17);1H. The predicted molar refractivity (Wildman–Crippen MR) is 75.1 cm³/mol. The van der Waals surface area contributed by atoms with E-state index < -0.39 is 0 Å². The molecule has 0 aliphatic heterocycles. The third-order valence-corrected chi connectivity index (χ3v) is 2.33. The Morgan fingerprint density at radius 1 is 1.26 bits per heavy atom. The van der Waals surface area contributed by atoms with Crippen LogP contribution in [-0.4, -0.2) is 25.6 Å². The van der Waals surface area contributed by atoms with Crippen molar-refractivity contribution in [1.29, 1.82) is 0 Å². The monoisotopic (exact) mass is 290 g/mol. The Morgan fingerprint density at radius 2 is 1.95 bits per heavy atom. The molecule has 0 saturated heterocycles. The second-order valence-corrected chi connectivity index (χ2v) is 3.90. The normalized spacial score (nSPS) is 9.58. The van der Waals surface area contributed by atoms with E-state index in [1.165, 1.54) is 12.1 Å². The van der Waals surface area contributed by atoms with Gasteiger partial charge in [-0.05, 0) is 43.7 Å². The molecule has 0 aliphatic rings. The van der Waals surface area contributed by atoms with Gasteiger partial charge in [-0.2, -0.15) is 0 Å². The fourth-order valence-corrected chi connectivity index (χ4v) is 1.37. The van der Waals surface area contributed by atoms with Gasteiger partial charge >= 0.3 is 0 Å². The first-order valence-electron chi connectivity index (χ1n) is 6.07. The Kier molecular flexibility index (Phi) is 9.84. The lowest BCUT2D eigenvalue weighted by Crippen LogP contribution is -2.25. The van der Waals surface area contributed by atoms with Gasteiger partial charge in [0.1, 0.15) is 11.6 Å². The van der Waals surface area contributed by atoms with Crippen LogP contribution < -0.4 is 15.8 Å². The van der Waals surface area contributed by atoms with Crippen LogP contribution in [0.15, 0.2) is 24.3 Å². The van der Waals surface area contributed by atoms with Crippen molar-refractivity contribution in [3.63, 3.8) is 0 Å². The summed E-state index contributed by atoms with van der Waals surface area (Å²) in [7, 11) is 0.